The van der Waals surface area contributed by atoms with E-state index in [1.54, 1.807) is 41.5 Å². The maximum atomic E-state index is 10.0. The second kappa shape index (κ2) is 12.4. The Morgan fingerprint density at radius 2 is 0.955 bits per heavy atom. The zero-order valence-electron chi connectivity index (χ0n) is 15.0. The van der Waals surface area contributed by atoms with Crippen molar-refractivity contribution in [1.29, 1.82) is 0 Å². The fourth-order valence-electron chi connectivity index (χ4n) is 0.585. The van der Waals surface area contributed by atoms with E-state index in [0.29, 0.717) is 5.92 Å². The number of rotatable bonds is 4. The highest BCUT2D eigenvalue weighted by Gasteiger charge is 2.19. The quantitative estimate of drug-likeness (QED) is 0.632. The molecule has 0 saturated heterocycles. The molecule has 22 heavy (non-hydrogen) atoms. The molecule has 0 rings (SSSR count). The molecule has 0 atom stereocenters. The monoisotopic (exact) mass is 322 g/mol. The van der Waals surface area contributed by atoms with E-state index in [4.69, 9.17) is 20.4 Å². The molecule has 0 bridgehead atoms. The zero-order valence-corrected chi connectivity index (χ0v) is 15.0. The average Bonchev–Trinajstić information content (AvgIpc) is 2.28. The number of hydrogen-bond acceptors (Lipinski definition) is 4. The van der Waals surface area contributed by atoms with Gasteiger partial charge in [-0.2, -0.15) is 0 Å². The number of aliphatic carboxylic acids is 2. The van der Waals surface area contributed by atoms with E-state index < -0.39 is 22.8 Å². The van der Waals surface area contributed by atoms with E-state index >= 15 is 0 Å². The van der Waals surface area contributed by atoms with Crippen LogP contribution in [0.25, 0.3) is 0 Å². The molecule has 0 aliphatic carbocycles. The average molecular weight is 322 g/mol. The Kier molecular flexibility index (Phi) is 14.5. The summed E-state index contributed by atoms with van der Waals surface area (Å²) in [6, 6.07) is 0. The highest BCUT2D eigenvalue weighted by atomic mass is 16.4. The SMILES string of the molecule is CC(C)(C)C(=O)O.CC(C)(C)C(=O)O.CC(CCO)CCO. The van der Waals surface area contributed by atoms with Crippen LogP contribution < -0.4 is 0 Å². The van der Waals surface area contributed by atoms with Crippen LogP contribution in [0.5, 0.6) is 0 Å². The van der Waals surface area contributed by atoms with Crippen LogP contribution in [0.15, 0.2) is 0 Å². The van der Waals surface area contributed by atoms with Gasteiger partial charge in [-0.3, -0.25) is 9.59 Å². The molecule has 0 saturated carbocycles. The summed E-state index contributed by atoms with van der Waals surface area (Å²) in [6.45, 7) is 12.5. The number of aliphatic hydroxyl groups is 2. The summed E-state index contributed by atoms with van der Waals surface area (Å²) in [5.74, 6) is -1.05. The fourth-order valence-corrected chi connectivity index (χ4v) is 0.585. The van der Waals surface area contributed by atoms with Crippen molar-refractivity contribution >= 4 is 11.9 Å². The maximum absolute atomic E-state index is 10.0. The van der Waals surface area contributed by atoms with Gasteiger partial charge in [-0.15, -0.1) is 0 Å². The van der Waals surface area contributed by atoms with E-state index in [-0.39, 0.29) is 13.2 Å². The van der Waals surface area contributed by atoms with Crippen LogP contribution in [0.4, 0.5) is 0 Å². The smallest absolute Gasteiger partial charge is 0.308 e. The van der Waals surface area contributed by atoms with Gasteiger partial charge >= 0.3 is 11.9 Å². The molecule has 4 N–H and O–H groups in total. The van der Waals surface area contributed by atoms with Gasteiger partial charge < -0.3 is 20.4 Å². The van der Waals surface area contributed by atoms with Gasteiger partial charge in [-0.05, 0) is 60.3 Å². The molecule has 0 fully saturated rings. The first-order chi connectivity index (χ1) is 9.69. The Labute approximate surface area is 134 Å². The summed E-state index contributed by atoms with van der Waals surface area (Å²) >= 11 is 0. The predicted octanol–water partition coefficient (Wildman–Crippen LogP) is 2.62. The summed E-state index contributed by atoms with van der Waals surface area (Å²) in [5, 5.41) is 33.3. The van der Waals surface area contributed by atoms with Crippen molar-refractivity contribution in [2.24, 2.45) is 16.7 Å². The third-order valence-electron chi connectivity index (χ3n) is 2.53. The fraction of sp³-hybridized carbons (Fsp3) is 0.875. The van der Waals surface area contributed by atoms with E-state index in [1.165, 1.54) is 0 Å². The maximum Gasteiger partial charge on any atom is 0.308 e. The molecule has 0 unspecified atom stereocenters. The van der Waals surface area contributed by atoms with Crippen LogP contribution in [-0.2, 0) is 9.59 Å². The molecular formula is C16H34O6. The zero-order chi connectivity index (χ0) is 18.6. The summed E-state index contributed by atoms with van der Waals surface area (Å²) in [7, 11) is 0. The Hall–Kier alpha value is -1.14. The molecule has 0 aromatic carbocycles. The lowest BCUT2D eigenvalue weighted by molar-refractivity contribution is -0.146. The topological polar surface area (TPSA) is 115 Å². The molecule has 134 valence electrons. The molecule has 0 aromatic rings. The summed E-state index contributed by atoms with van der Waals surface area (Å²) in [5.41, 5.74) is -1.17. The molecule has 0 aliphatic heterocycles. The van der Waals surface area contributed by atoms with Gasteiger partial charge in [0.15, 0.2) is 0 Å². The summed E-state index contributed by atoms with van der Waals surface area (Å²) in [4.78, 5) is 20.0. The lowest BCUT2D eigenvalue weighted by Gasteiger charge is -2.08. The summed E-state index contributed by atoms with van der Waals surface area (Å²) < 4.78 is 0. The second-order valence-electron chi connectivity index (χ2n) is 7.24. The van der Waals surface area contributed by atoms with Crippen LogP contribution in [-0.4, -0.2) is 45.6 Å². The van der Waals surface area contributed by atoms with Crippen LogP contribution >= 0.6 is 0 Å². The Morgan fingerprint density at radius 3 is 1.05 bits per heavy atom. The second-order valence-corrected chi connectivity index (χ2v) is 7.24. The molecule has 0 aliphatic rings. The lowest BCUT2D eigenvalue weighted by Crippen LogP contribution is -2.18. The van der Waals surface area contributed by atoms with Gasteiger partial charge in [-0.1, -0.05) is 6.92 Å². The van der Waals surface area contributed by atoms with Gasteiger partial charge in [0.1, 0.15) is 0 Å². The van der Waals surface area contributed by atoms with Gasteiger partial charge in [0.05, 0.1) is 10.8 Å². The molecule has 6 heteroatoms. The molecule has 0 spiro atoms. The molecule has 0 heterocycles. The molecule has 6 nitrogen and oxygen atoms in total. The van der Waals surface area contributed by atoms with Gasteiger partial charge in [0.2, 0.25) is 0 Å². The van der Waals surface area contributed by atoms with E-state index in [0.717, 1.165) is 12.8 Å². The number of carboxylic acids is 2. The van der Waals surface area contributed by atoms with Gasteiger partial charge in [-0.25, -0.2) is 0 Å². The van der Waals surface area contributed by atoms with Crippen LogP contribution in [0.2, 0.25) is 0 Å². The third kappa shape index (κ3) is 21.2. The van der Waals surface area contributed by atoms with Crippen molar-refractivity contribution in [2.75, 3.05) is 13.2 Å². The minimum Gasteiger partial charge on any atom is -0.481 e. The Morgan fingerprint density at radius 1 is 0.773 bits per heavy atom. The molecule has 0 aromatic heterocycles. The predicted molar refractivity (Wildman–Crippen MR) is 86.8 cm³/mol. The van der Waals surface area contributed by atoms with Crippen LogP contribution in [0.3, 0.4) is 0 Å². The standard InChI is InChI=1S/C6H14O2.2C5H10O2/c1-6(2-4-7)3-5-8;2*1-5(2,3)4(6)7/h6-8H,2-5H2,1H3;2*1-3H3,(H,6,7). The first-order valence-electron chi connectivity index (χ1n) is 7.38. The number of carbonyl (C=O) groups is 2. The van der Waals surface area contributed by atoms with Crippen molar-refractivity contribution in [3.8, 4) is 0 Å². The largest absolute Gasteiger partial charge is 0.481 e. The minimum atomic E-state index is -0.757. The van der Waals surface area contributed by atoms with Gasteiger partial charge in [0.25, 0.3) is 0 Å². The highest BCUT2D eigenvalue weighted by Crippen LogP contribution is 2.11. The first-order valence-corrected chi connectivity index (χ1v) is 7.38. The van der Waals surface area contributed by atoms with Crippen molar-refractivity contribution < 1.29 is 30.0 Å². The Bertz CT molecular complexity index is 269. The third-order valence-corrected chi connectivity index (χ3v) is 2.53. The molecule has 0 amide bonds. The number of aliphatic hydroxyl groups excluding tert-OH is 2. The molecular weight excluding hydrogens is 288 g/mol. The normalized spacial score (nSPS) is 11.0. The van der Waals surface area contributed by atoms with Gasteiger partial charge in [0, 0.05) is 13.2 Å². The molecule has 0 radical (unpaired) electrons. The van der Waals surface area contributed by atoms with Crippen LogP contribution in [0, 0.1) is 16.7 Å². The highest BCUT2D eigenvalue weighted by molar-refractivity contribution is 5.73. The number of carboxylic acid groups (broad SMARTS) is 2. The van der Waals surface area contributed by atoms with Crippen molar-refractivity contribution in [1.82, 2.24) is 0 Å². The van der Waals surface area contributed by atoms with E-state index in [1.807, 2.05) is 6.92 Å². The van der Waals surface area contributed by atoms with E-state index in [2.05, 4.69) is 0 Å². The number of hydrogen-bond donors (Lipinski definition) is 4. The first kappa shape index (κ1) is 25.8. The lowest BCUT2D eigenvalue weighted by atomic mass is 9.98. The Balaban J connectivity index is -0.000000247. The van der Waals surface area contributed by atoms with Crippen molar-refractivity contribution in [2.45, 2.75) is 61.3 Å². The van der Waals surface area contributed by atoms with Crippen molar-refractivity contribution in [3.63, 3.8) is 0 Å². The minimum absolute atomic E-state index is 0.237. The van der Waals surface area contributed by atoms with E-state index in [9.17, 15) is 9.59 Å². The van der Waals surface area contributed by atoms with Crippen molar-refractivity contribution in [3.05, 3.63) is 0 Å². The summed E-state index contributed by atoms with van der Waals surface area (Å²) in [6.07, 6.45) is 1.61. The van der Waals surface area contributed by atoms with Crippen LogP contribution in [0.1, 0.15) is 61.3 Å².